The topological polar surface area (TPSA) is 69.6 Å². The Kier molecular flexibility index (Phi) is 5.48. The van der Waals surface area contributed by atoms with Gasteiger partial charge in [0.2, 0.25) is 0 Å². The summed E-state index contributed by atoms with van der Waals surface area (Å²) in [4.78, 5) is 25.1. The number of aliphatic carboxylic acids is 1. The molecule has 2 aliphatic rings. The molecule has 0 radical (unpaired) electrons. The highest BCUT2D eigenvalue weighted by atomic mass is 16.4. The van der Waals surface area contributed by atoms with Crippen molar-refractivity contribution < 1.29 is 14.7 Å². The van der Waals surface area contributed by atoms with Gasteiger partial charge in [0.15, 0.2) is 0 Å². The van der Waals surface area contributed by atoms with Crippen molar-refractivity contribution >= 4 is 12.0 Å². The molecule has 1 aliphatic carbocycles. The predicted molar refractivity (Wildman–Crippen MR) is 81.0 cm³/mol. The standard InChI is InChI=1S/C16H28N2O3/c1-11-3-5-13(6-4-11)10-17-16(21)18-8-7-14(15(19)20)9-12(18)2/h11-14H,3-10H2,1-2H3,(H,17,21)(H,19,20). The van der Waals surface area contributed by atoms with Gasteiger partial charge in [-0.25, -0.2) is 4.79 Å². The van der Waals surface area contributed by atoms with Crippen LogP contribution in [0.1, 0.15) is 52.4 Å². The molecule has 0 aromatic heterocycles. The fourth-order valence-corrected chi connectivity index (χ4v) is 3.56. The highest BCUT2D eigenvalue weighted by Crippen LogP contribution is 2.28. The van der Waals surface area contributed by atoms with Crippen LogP contribution in [0.2, 0.25) is 0 Å². The minimum atomic E-state index is -0.738. The maximum absolute atomic E-state index is 12.3. The van der Waals surface area contributed by atoms with Crippen LogP contribution in [0.15, 0.2) is 0 Å². The maximum atomic E-state index is 12.3. The molecule has 2 N–H and O–H groups in total. The van der Waals surface area contributed by atoms with E-state index in [1.165, 1.54) is 25.7 Å². The normalized spacial score (nSPS) is 33.5. The molecule has 5 heteroatoms. The Morgan fingerprint density at radius 2 is 1.81 bits per heavy atom. The Bertz CT molecular complexity index is 378. The van der Waals surface area contributed by atoms with E-state index in [9.17, 15) is 9.59 Å². The van der Waals surface area contributed by atoms with Crippen molar-refractivity contribution in [3.63, 3.8) is 0 Å². The monoisotopic (exact) mass is 296 g/mol. The fourth-order valence-electron chi connectivity index (χ4n) is 3.56. The van der Waals surface area contributed by atoms with Crippen LogP contribution in [-0.2, 0) is 4.79 Å². The van der Waals surface area contributed by atoms with Crippen molar-refractivity contribution in [3.8, 4) is 0 Å². The molecular weight excluding hydrogens is 268 g/mol. The quantitative estimate of drug-likeness (QED) is 0.841. The molecule has 0 bridgehead atoms. The molecule has 1 saturated heterocycles. The first-order valence-corrected chi connectivity index (χ1v) is 8.24. The summed E-state index contributed by atoms with van der Waals surface area (Å²) in [5.74, 6) is 0.395. The lowest BCUT2D eigenvalue weighted by molar-refractivity contribution is -0.143. The first-order chi connectivity index (χ1) is 9.97. The third-order valence-electron chi connectivity index (χ3n) is 5.16. The van der Waals surface area contributed by atoms with Crippen molar-refractivity contribution in [1.82, 2.24) is 10.2 Å². The molecular formula is C16H28N2O3. The summed E-state index contributed by atoms with van der Waals surface area (Å²) in [5, 5.41) is 12.1. The lowest BCUT2D eigenvalue weighted by atomic mass is 9.83. The summed E-state index contributed by atoms with van der Waals surface area (Å²) in [6.45, 7) is 5.54. The van der Waals surface area contributed by atoms with Gasteiger partial charge in [-0.05, 0) is 44.4 Å². The zero-order valence-corrected chi connectivity index (χ0v) is 13.2. The first-order valence-electron chi connectivity index (χ1n) is 8.24. The van der Waals surface area contributed by atoms with Crippen LogP contribution in [-0.4, -0.2) is 41.1 Å². The number of carboxylic acids is 1. The van der Waals surface area contributed by atoms with E-state index < -0.39 is 5.97 Å². The van der Waals surface area contributed by atoms with E-state index in [-0.39, 0.29) is 18.0 Å². The molecule has 2 rings (SSSR count). The molecule has 0 aromatic carbocycles. The molecule has 120 valence electrons. The molecule has 2 amide bonds. The van der Waals surface area contributed by atoms with Gasteiger partial charge in [0.05, 0.1) is 5.92 Å². The van der Waals surface area contributed by atoms with Gasteiger partial charge in [-0.1, -0.05) is 19.8 Å². The second-order valence-corrected chi connectivity index (χ2v) is 6.91. The average Bonchev–Trinajstić information content (AvgIpc) is 2.46. The van der Waals surface area contributed by atoms with Crippen molar-refractivity contribution in [2.24, 2.45) is 17.8 Å². The van der Waals surface area contributed by atoms with Crippen LogP contribution >= 0.6 is 0 Å². The molecule has 2 atom stereocenters. The number of nitrogens with zero attached hydrogens (tertiary/aromatic N) is 1. The minimum absolute atomic E-state index is 0.00577. The van der Waals surface area contributed by atoms with Gasteiger partial charge in [-0.3, -0.25) is 4.79 Å². The molecule has 1 aliphatic heterocycles. The highest BCUT2D eigenvalue weighted by Gasteiger charge is 2.32. The Hall–Kier alpha value is -1.26. The molecule has 1 saturated carbocycles. The van der Waals surface area contributed by atoms with Crippen LogP contribution in [0.5, 0.6) is 0 Å². The molecule has 1 heterocycles. The summed E-state index contributed by atoms with van der Waals surface area (Å²) < 4.78 is 0. The molecule has 0 aromatic rings. The van der Waals surface area contributed by atoms with Gasteiger partial charge in [-0.2, -0.15) is 0 Å². The SMILES string of the molecule is CC1CCC(CNC(=O)N2CCC(C(=O)O)CC2C)CC1. The van der Waals surface area contributed by atoms with E-state index in [1.807, 2.05) is 6.92 Å². The summed E-state index contributed by atoms with van der Waals surface area (Å²) in [6, 6.07) is -0.0174. The number of piperidine rings is 1. The Balaban J connectivity index is 1.74. The minimum Gasteiger partial charge on any atom is -0.481 e. The van der Waals surface area contributed by atoms with Crippen LogP contribution in [0.25, 0.3) is 0 Å². The lowest BCUT2D eigenvalue weighted by Crippen LogP contribution is -2.51. The van der Waals surface area contributed by atoms with Gasteiger partial charge in [-0.15, -0.1) is 0 Å². The van der Waals surface area contributed by atoms with Crippen molar-refractivity contribution in [1.29, 1.82) is 0 Å². The summed E-state index contributed by atoms with van der Waals surface area (Å²) >= 11 is 0. The second kappa shape index (κ2) is 7.14. The molecule has 21 heavy (non-hydrogen) atoms. The van der Waals surface area contributed by atoms with Crippen LogP contribution < -0.4 is 5.32 Å². The number of likely N-dealkylation sites (tertiary alicyclic amines) is 1. The van der Waals surface area contributed by atoms with Gasteiger partial charge in [0.25, 0.3) is 0 Å². The highest BCUT2D eigenvalue weighted by molar-refractivity contribution is 5.75. The van der Waals surface area contributed by atoms with E-state index in [4.69, 9.17) is 5.11 Å². The van der Waals surface area contributed by atoms with Gasteiger partial charge >= 0.3 is 12.0 Å². The van der Waals surface area contributed by atoms with Crippen LogP contribution in [0.3, 0.4) is 0 Å². The summed E-state index contributed by atoms with van der Waals surface area (Å²) in [6.07, 6.45) is 6.07. The zero-order chi connectivity index (χ0) is 15.4. The van der Waals surface area contributed by atoms with E-state index in [0.717, 1.165) is 12.5 Å². The fraction of sp³-hybridized carbons (Fsp3) is 0.875. The number of carboxylic acid groups (broad SMARTS) is 1. The van der Waals surface area contributed by atoms with Gasteiger partial charge in [0, 0.05) is 19.1 Å². The Labute approximate surface area is 127 Å². The first kappa shape index (κ1) is 16.1. The molecule has 2 unspecified atom stereocenters. The Morgan fingerprint density at radius 3 is 2.38 bits per heavy atom. The molecule has 5 nitrogen and oxygen atoms in total. The van der Waals surface area contributed by atoms with Gasteiger partial charge in [0.1, 0.15) is 0 Å². The van der Waals surface area contributed by atoms with E-state index >= 15 is 0 Å². The number of carbonyl (C=O) groups excluding carboxylic acids is 1. The van der Waals surface area contributed by atoms with E-state index in [0.29, 0.717) is 25.3 Å². The number of carbonyl (C=O) groups is 2. The van der Waals surface area contributed by atoms with Gasteiger partial charge < -0.3 is 15.3 Å². The van der Waals surface area contributed by atoms with Crippen molar-refractivity contribution in [3.05, 3.63) is 0 Å². The number of amides is 2. The molecule has 0 spiro atoms. The number of urea groups is 1. The number of rotatable bonds is 3. The summed E-state index contributed by atoms with van der Waals surface area (Å²) in [7, 11) is 0. The van der Waals surface area contributed by atoms with Crippen LogP contribution in [0.4, 0.5) is 4.79 Å². The zero-order valence-electron chi connectivity index (χ0n) is 13.2. The largest absolute Gasteiger partial charge is 0.481 e. The van der Waals surface area contributed by atoms with Crippen LogP contribution in [0, 0.1) is 17.8 Å². The summed E-state index contributed by atoms with van der Waals surface area (Å²) in [5.41, 5.74) is 0. The number of hydrogen-bond donors (Lipinski definition) is 2. The lowest BCUT2D eigenvalue weighted by Gasteiger charge is -2.36. The van der Waals surface area contributed by atoms with Crippen molar-refractivity contribution in [2.75, 3.05) is 13.1 Å². The van der Waals surface area contributed by atoms with E-state index in [2.05, 4.69) is 12.2 Å². The third-order valence-corrected chi connectivity index (χ3v) is 5.16. The smallest absolute Gasteiger partial charge is 0.317 e. The van der Waals surface area contributed by atoms with E-state index in [1.54, 1.807) is 4.90 Å². The predicted octanol–water partition coefficient (Wildman–Crippen LogP) is 2.71. The average molecular weight is 296 g/mol. The van der Waals surface area contributed by atoms with Crippen molar-refractivity contribution in [2.45, 2.75) is 58.4 Å². The Morgan fingerprint density at radius 1 is 1.14 bits per heavy atom. The maximum Gasteiger partial charge on any atom is 0.317 e. The third kappa shape index (κ3) is 4.35. The number of hydrogen-bond acceptors (Lipinski definition) is 2. The number of nitrogens with one attached hydrogen (secondary N) is 1. The second-order valence-electron chi connectivity index (χ2n) is 6.91. The molecule has 2 fully saturated rings.